The molecule has 0 N–H and O–H groups in total. The minimum absolute atomic E-state index is 0.174. The molecule has 41 heavy (non-hydrogen) atoms. The molecule has 1 unspecified atom stereocenters. The van der Waals surface area contributed by atoms with Crippen LogP contribution >= 0.6 is 0 Å². The molecule has 0 aliphatic heterocycles. The summed E-state index contributed by atoms with van der Waals surface area (Å²) in [6.07, 6.45) is 5.91. The first-order valence-electron chi connectivity index (χ1n) is 14.9. The second-order valence-corrected chi connectivity index (χ2v) is 11.0. The fourth-order valence-corrected chi connectivity index (χ4v) is 5.86. The molecule has 3 aromatic carbocycles. The molecule has 4 aromatic rings. The van der Waals surface area contributed by atoms with Gasteiger partial charge in [0.15, 0.2) is 0 Å². The van der Waals surface area contributed by atoms with Crippen LogP contribution in [0.15, 0.2) is 72.8 Å². The number of hydrogen-bond donors (Lipinski definition) is 0. The fraction of sp³-hybridized carbons (Fsp3) is 0.371. The lowest BCUT2D eigenvalue weighted by atomic mass is 9.86. The van der Waals surface area contributed by atoms with E-state index in [1.165, 1.54) is 6.07 Å². The molecule has 1 aromatic heterocycles. The SMILES string of the molecule is CCCCN(CCCC)c1ccc(C(=O)n2c3c(c4c(F)cccc42)CC(C(=O)OCc2ccccc2)CC3)cc1. The van der Waals surface area contributed by atoms with Gasteiger partial charge in [0.05, 0.1) is 11.4 Å². The van der Waals surface area contributed by atoms with Gasteiger partial charge in [-0.2, -0.15) is 0 Å². The lowest BCUT2D eigenvalue weighted by molar-refractivity contribution is -0.150. The van der Waals surface area contributed by atoms with E-state index in [1.54, 1.807) is 16.7 Å². The van der Waals surface area contributed by atoms with Crippen LogP contribution < -0.4 is 4.90 Å². The minimum Gasteiger partial charge on any atom is -0.461 e. The molecule has 0 saturated carbocycles. The fourth-order valence-electron chi connectivity index (χ4n) is 5.86. The quantitative estimate of drug-likeness (QED) is 0.178. The van der Waals surface area contributed by atoms with Crippen LogP contribution in [0.5, 0.6) is 0 Å². The summed E-state index contributed by atoms with van der Waals surface area (Å²) in [5.74, 6) is -1.21. The van der Waals surface area contributed by atoms with E-state index >= 15 is 4.39 Å². The summed E-state index contributed by atoms with van der Waals surface area (Å²) in [5, 5.41) is 0.429. The molecule has 1 aliphatic carbocycles. The Kier molecular flexibility index (Phi) is 9.17. The summed E-state index contributed by atoms with van der Waals surface area (Å²) >= 11 is 0. The maximum atomic E-state index is 15.2. The van der Waals surface area contributed by atoms with Gasteiger partial charge in [-0.25, -0.2) is 4.39 Å². The Morgan fingerprint density at radius 3 is 2.32 bits per heavy atom. The molecule has 0 amide bonds. The molecule has 5 nitrogen and oxygen atoms in total. The van der Waals surface area contributed by atoms with Crippen molar-refractivity contribution in [2.45, 2.75) is 65.4 Å². The van der Waals surface area contributed by atoms with Gasteiger partial charge in [0, 0.05) is 35.4 Å². The van der Waals surface area contributed by atoms with Crippen molar-refractivity contribution in [1.82, 2.24) is 4.57 Å². The summed E-state index contributed by atoms with van der Waals surface area (Å²) in [7, 11) is 0. The average Bonchev–Trinajstić information content (AvgIpc) is 3.35. The summed E-state index contributed by atoms with van der Waals surface area (Å²) < 4.78 is 22.5. The van der Waals surface area contributed by atoms with Gasteiger partial charge in [0.1, 0.15) is 12.4 Å². The molecule has 1 heterocycles. The molecule has 1 atom stereocenters. The molecular formula is C35H39FN2O3. The molecule has 1 aliphatic rings. The average molecular weight is 555 g/mol. The van der Waals surface area contributed by atoms with Crippen molar-refractivity contribution < 1.29 is 18.7 Å². The number of aromatic nitrogens is 1. The van der Waals surface area contributed by atoms with Gasteiger partial charge in [0.25, 0.3) is 5.91 Å². The van der Waals surface area contributed by atoms with Gasteiger partial charge >= 0.3 is 5.97 Å². The molecular weight excluding hydrogens is 515 g/mol. The Bertz CT molecular complexity index is 1490. The van der Waals surface area contributed by atoms with E-state index in [1.807, 2.05) is 54.6 Å². The number of nitrogens with zero attached hydrogens (tertiary/aromatic N) is 2. The van der Waals surface area contributed by atoms with Crippen LogP contribution in [0, 0.1) is 11.7 Å². The van der Waals surface area contributed by atoms with E-state index in [4.69, 9.17) is 4.74 Å². The van der Waals surface area contributed by atoms with Gasteiger partial charge < -0.3 is 9.64 Å². The van der Waals surface area contributed by atoms with Crippen LogP contribution in [0.1, 0.15) is 73.1 Å². The predicted octanol–water partition coefficient (Wildman–Crippen LogP) is 7.72. The van der Waals surface area contributed by atoms with Crippen LogP contribution in [0.2, 0.25) is 0 Å². The van der Waals surface area contributed by atoms with Gasteiger partial charge in [-0.05, 0) is 79.6 Å². The van der Waals surface area contributed by atoms with Crippen molar-refractivity contribution in [3.8, 4) is 0 Å². The summed E-state index contributed by atoms with van der Waals surface area (Å²) in [4.78, 5) is 29.3. The Balaban J connectivity index is 1.40. The molecule has 0 radical (unpaired) electrons. The molecule has 214 valence electrons. The van der Waals surface area contributed by atoms with Crippen molar-refractivity contribution in [3.63, 3.8) is 0 Å². The smallest absolute Gasteiger partial charge is 0.309 e. The molecule has 0 bridgehead atoms. The zero-order chi connectivity index (χ0) is 28.8. The summed E-state index contributed by atoms with van der Waals surface area (Å²) in [5.41, 5.74) is 4.68. The number of carbonyl (C=O) groups excluding carboxylic acids is 2. The van der Waals surface area contributed by atoms with Crippen LogP contribution in [0.4, 0.5) is 10.1 Å². The van der Waals surface area contributed by atoms with Crippen molar-refractivity contribution in [2.24, 2.45) is 5.92 Å². The van der Waals surface area contributed by atoms with Gasteiger partial charge in [-0.1, -0.05) is 63.1 Å². The van der Waals surface area contributed by atoms with Gasteiger partial charge in [-0.15, -0.1) is 0 Å². The zero-order valence-corrected chi connectivity index (χ0v) is 24.1. The number of ether oxygens (including phenoxy) is 1. The Hall–Kier alpha value is -3.93. The van der Waals surface area contributed by atoms with Gasteiger partial charge in [-0.3, -0.25) is 14.2 Å². The molecule has 0 fully saturated rings. The van der Waals surface area contributed by atoms with Crippen LogP contribution in [0.25, 0.3) is 10.9 Å². The maximum Gasteiger partial charge on any atom is 0.309 e. The highest BCUT2D eigenvalue weighted by Crippen LogP contribution is 2.37. The van der Waals surface area contributed by atoms with Crippen molar-refractivity contribution >= 4 is 28.5 Å². The molecule has 6 heteroatoms. The second kappa shape index (κ2) is 13.2. The minimum atomic E-state index is -0.378. The highest BCUT2D eigenvalue weighted by Gasteiger charge is 2.33. The number of hydrogen-bond acceptors (Lipinski definition) is 4. The summed E-state index contributed by atoms with van der Waals surface area (Å²) in [6, 6.07) is 22.2. The first kappa shape index (κ1) is 28.6. The highest BCUT2D eigenvalue weighted by atomic mass is 19.1. The van der Waals surface area contributed by atoms with Crippen molar-refractivity contribution in [2.75, 3.05) is 18.0 Å². The highest BCUT2D eigenvalue weighted by molar-refractivity contribution is 6.04. The van der Waals surface area contributed by atoms with Crippen LogP contribution in [-0.2, 0) is 29.0 Å². The first-order chi connectivity index (χ1) is 20.0. The number of fused-ring (bicyclic) bond motifs is 3. The molecule has 5 rings (SSSR count). The van der Waals surface area contributed by atoms with E-state index in [-0.39, 0.29) is 30.2 Å². The zero-order valence-electron chi connectivity index (χ0n) is 24.1. The Labute approximate surface area is 241 Å². The monoisotopic (exact) mass is 554 g/mol. The number of anilines is 1. The normalized spacial score (nSPS) is 14.6. The van der Waals surface area contributed by atoms with Crippen molar-refractivity contribution in [1.29, 1.82) is 0 Å². The predicted molar refractivity (Wildman–Crippen MR) is 162 cm³/mol. The Morgan fingerprint density at radius 2 is 1.63 bits per heavy atom. The number of rotatable bonds is 11. The van der Waals surface area contributed by atoms with Crippen molar-refractivity contribution in [3.05, 3.63) is 101 Å². The van der Waals surface area contributed by atoms with Crippen LogP contribution in [0.3, 0.4) is 0 Å². The van der Waals surface area contributed by atoms with E-state index in [0.717, 1.165) is 61.3 Å². The second-order valence-electron chi connectivity index (χ2n) is 11.0. The van der Waals surface area contributed by atoms with Crippen LogP contribution in [-0.4, -0.2) is 29.5 Å². The van der Waals surface area contributed by atoms with Gasteiger partial charge in [0.2, 0.25) is 0 Å². The number of benzene rings is 3. The third kappa shape index (κ3) is 6.22. The summed E-state index contributed by atoms with van der Waals surface area (Å²) in [6.45, 7) is 6.59. The van der Waals surface area contributed by atoms with E-state index < -0.39 is 0 Å². The number of carbonyl (C=O) groups is 2. The third-order valence-electron chi connectivity index (χ3n) is 8.14. The van der Waals surface area contributed by atoms with E-state index in [9.17, 15) is 9.59 Å². The first-order valence-corrected chi connectivity index (χ1v) is 14.9. The standard InChI is InChI=1S/C35H39FN2O3/c1-3-5-21-37(22-6-4-2)28-18-15-26(16-19-28)34(39)38-31-20-17-27(35(40)41-24-25-11-8-7-9-12-25)23-29(31)33-30(36)13-10-14-32(33)38/h7-16,18-19,27H,3-6,17,20-24H2,1-2H3. The molecule has 0 spiro atoms. The lowest BCUT2D eigenvalue weighted by Crippen LogP contribution is -2.26. The topological polar surface area (TPSA) is 51.5 Å². The third-order valence-corrected chi connectivity index (χ3v) is 8.14. The maximum absolute atomic E-state index is 15.2. The van der Waals surface area contributed by atoms with E-state index in [0.29, 0.717) is 35.7 Å². The number of halogens is 1. The number of unbranched alkanes of at least 4 members (excludes halogenated alkanes) is 2. The van der Waals surface area contributed by atoms with E-state index in [2.05, 4.69) is 18.7 Å². The Morgan fingerprint density at radius 1 is 0.927 bits per heavy atom. The largest absolute Gasteiger partial charge is 0.461 e. The lowest BCUT2D eigenvalue weighted by Gasteiger charge is -2.25. The number of esters is 1. The molecule has 0 saturated heterocycles.